The molecular formula is C21H21N5O3. The molecule has 8 nitrogen and oxygen atoms in total. The van der Waals surface area contributed by atoms with Crippen molar-refractivity contribution in [3.8, 4) is 0 Å². The fourth-order valence-electron chi connectivity index (χ4n) is 2.84. The monoisotopic (exact) mass is 391 g/mol. The molecule has 1 aromatic carbocycles. The summed E-state index contributed by atoms with van der Waals surface area (Å²) in [5.41, 5.74) is 1.55. The van der Waals surface area contributed by atoms with Gasteiger partial charge in [-0.3, -0.25) is 14.4 Å². The van der Waals surface area contributed by atoms with Crippen LogP contribution in [0.2, 0.25) is 0 Å². The number of nitrogens with zero attached hydrogens (tertiary/aromatic N) is 3. The SMILES string of the molecule is CNC(=O)c1cc(C(=O)NCCc2ccnnc2)cn(Cc2ccccc2)c1=O. The molecule has 0 aliphatic carbocycles. The third kappa shape index (κ3) is 5.13. The number of benzene rings is 1. The van der Waals surface area contributed by atoms with Gasteiger partial charge in [0.25, 0.3) is 17.4 Å². The molecule has 0 unspecified atom stereocenters. The number of carbonyl (C=O) groups is 2. The highest BCUT2D eigenvalue weighted by Gasteiger charge is 2.17. The van der Waals surface area contributed by atoms with Gasteiger partial charge in [0.15, 0.2) is 0 Å². The quantitative estimate of drug-likeness (QED) is 0.625. The van der Waals surface area contributed by atoms with Crippen molar-refractivity contribution in [2.24, 2.45) is 0 Å². The first kappa shape index (κ1) is 19.9. The highest BCUT2D eigenvalue weighted by Crippen LogP contribution is 2.06. The number of hydrogen-bond acceptors (Lipinski definition) is 5. The van der Waals surface area contributed by atoms with Gasteiger partial charge >= 0.3 is 0 Å². The number of carbonyl (C=O) groups excluding carboxylic acids is 2. The van der Waals surface area contributed by atoms with Gasteiger partial charge in [-0.2, -0.15) is 10.2 Å². The maximum Gasteiger partial charge on any atom is 0.263 e. The Morgan fingerprint density at radius 1 is 1.03 bits per heavy atom. The van der Waals surface area contributed by atoms with Crippen molar-refractivity contribution in [2.75, 3.05) is 13.6 Å². The van der Waals surface area contributed by atoms with E-state index in [0.717, 1.165) is 11.1 Å². The van der Waals surface area contributed by atoms with Gasteiger partial charge in [0.05, 0.1) is 18.3 Å². The third-order valence-electron chi connectivity index (χ3n) is 4.36. The Morgan fingerprint density at radius 3 is 2.52 bits per heavy atom. The van der Waals surface area contributed by atoms with Crippen LogP contribution >= 0.6 is 0 Å². The van der Waals surface area contributed by atoms with E-state index in [1.165, 1.54) is 23.9 Å². The molecule has 2 amide bonds. The molecule has 0 aliphatic heterocycles. The lowest BCUT2D eigenvalue weighted by Gasteiger charge is -2.12. The molecule has 2 aromatic heterocycles. The summed E-state index contributed by atoms with van der Waals surface area (Å²) >= 11 is 0. The number of nitrogens with one attached hydrogen (secondary N) is 2. The molecule has 0 radical (unpaired) electrons. The van der Waals surface area contributed by atoms with Gasteiger partial charge in [0.1, 0.15) is 5.56 Å². The maximum absolute atomic E-state index is 12.7. The summed E-state index contributed by atoms with van der Waals surface area (Å²) in [5.74, 6) is -0.895. The molecule has 0 saturated heterocycles. The number of rotatable bonds is 7. The second kappa shape index (κ2) is 9.41. The largest absolute Gasteiger partial charge is 0.355 e. The minimum atomic E-state index is -0.533. The summed E-state index contributed by atoms with van der Waals surface area (Å²) in [6.07, 6.45) is 5.29. The van der Waals surface area contributed by atoms with Crippen LogP contribution in [0.5, 0.6) is 0 Å². The predicted octanol–water partition coefficient (Wildman–Crippen LogP) is 1.02. The maximum atomic E-state index is 12.7. The Labute approximate surface area is 167 Å². The van der Waals surface area contributed by atoms with Crippen LogP contribution in [0.25, 0.3) is 0 Å². The second-order valence-corrected chi connectivity index (χ2v) is 6.40. The van der Waals surface area contributed by atoms with Gasteiger partial charge in [-0.1, -0.05) is 30.3 Å². The number of pyridine rings is 1. The van der Waals surface area contributed by atoms with Crippen molar-refractivity contribution in [1.82, 2.24) is 25.4 Å². The van der Waals surface area contributed by atoms with E-state index in [4.69, 9.17) is 0 Å². The van der Waals surface area contributed by atoms with Gasteiger partial charge in [-0.15, -0.1) is 0 Å². The van der Waals surface area contributed by atoms with Gasteiger partial charge < -0.3 is 15.2 Å². The standard InChI is InChI=1S/C21H21N5O3/c1-22-20(28)18-11-17(19(27)23-9-7-15-8-10-24-25-12-15)14-26(21(18)29)13-16-5-3-2-4-6-16/h2-6,8,10-12,14H,7,9,13H2,1H3,(H,22,28)(H,23,27). The molecule has 0 spiro atoms. The van der Waals surface area contributed by atoms with Crippen LogP contribution in [0.3, 0.4) is 0 Å². The van der Waals surface area contributed by atoms with Crippen molar-refractivity contribution < 1.29 is 9.59 Å². The Kier molecular flexibility index (Phi) is 6.47. The summed E-state index contributed by atoms with van der Waals surface area (Å²) < 4.78 is 1.38. The van der Waals surface area contributed by atoms with E-state index in [2.05, 4.69) is 20.8 Å². The lowest BCUT2D eigenvalue weighted by Crippen LogP contribution is -2.34. The normalized spacial score (nSPS) is 10.4. The van der Waals surface area contributed by atoms with Gasteiger partial charge in [-0.25, -0.2) is 0 Å². The van der Waals surface area contributed by atoms with Crippen molar-refractivity contribution in [2.45, 2.75) is 13.0 Å². The van der Waals surface area contributed by atoms with Gasteiger partial charge in [0.2, 0.25) is 0 Å². The fraction of sp³-hybridized carbons (Fsp3) is 0.190. The van der Waals surface area contributed by atoms with E-state index in [9.17, 15) is 14.4 Å². The third-order valence-corrected chi connectivity index (χ3v) is 4.36. The Balaban J connectivity index is 1.82. The first-order valence-corrected chi connectivity index (χ1v) is 9.12. The van der Waals surface area contributed by atoms with E-state index in [1.807, 2.05) is 36.4 Å². The van der Waals surface area contributed by atoms with Crippen LogP contribution in [-0.4, -0.2) is 40.2 Å². The molecule has 8 heteroatoms. The van der Waals surface area contributed by atoms with Crippen LogP contribution in [0.15, 0.2) is 65.8 Å². The Bertz CT molecular complexity index is 1050. The van der Waals surface area contributed by atoms with E-state index in [-0.39, 0.29) is 23.6 Å². The first-order valence-electron chi connectivity index (χ1n) is 9.12. The molecular weight excluding hydrogens is 370 g/mol. The average molecular weight is 391 g/mol. The van der Waals surface area contributed by atoms with Crippen molar-refractivity contribution in [3.63, 3.8) is 0 Å². The van der Waals surface area contributed by atoms with Crippen LogP contribution in [-0.2, 0) is 13.0 Å². The molecule has 0 bridgehead atoms. The molecule has 148 valence electrons. The van der Waals surface area contributed by atoms with Crippen LogP contribution in [0.4, 0.5) is 0 Å². The number of hydrogen-bond donors (Lipinski definition) is 2. The van der Waals surface area contributed by atoms with Gasteiger partial charge in [0, 0.05) is 26.0 Å². The molecule has 29 heavy (non-hydrogen) atoms. The fourth-order valence-corrected chi connectivity index (χ4v) is 2.84. The molecule has 0 aliphatic rings. The Morgan fingerprint density at radius 2 is 1.83 bits per heavy atom. The zero-order valence-corrected chi connectivity index (χ0v) is 16.0. The molecule has 2 N–H and O–H groups in total. The number of amides is 2. The lowest BCUT2D eigenvalue weighted by atomic mass is 10.1. The molecule has 3 rings (SSSR count). The zero-order chi connectivity index (χ0) is 20.6. The highest BCUT2D eigenvalue weighted by atomic mass is 16.2. The summed E-state index contributed by atoms with van der Waals surface area (Å²) in [6.45, 7) is 0.644. The predicted molar refractivity (Wildman–Crippen MR) is 108 cm³/mol. The summed E-state index contributed by atoms with van der Waals surface area (Å²) in [4.78, 5) is 37.5. The zero-order valence-electron chi connectivity index (χ0n) is 16.0. The Hall–Kier alpha value is -3.81. The van der Waals surface area contributed by atoms with Crippen LogP contribution < -0.4 is 16.2 Å². The highest BCUT2D eigenvalue weighted by molar-refractivity contribution is 5.99. The summed E-state index contributed by atoms with van der Waals surface area (Å²) in [6, 6.07) is 12.5. The van der Waals surface area contributed by atoms with E-state index in [1.54, 1.807) is 12.4 Å². The minimum Gasteiger partial charge on any atom is -0.355 e. The van der Waals surface area contributed by atoms with Crippen LogP contribution in [0, 0.1) is 0 Å². The van der Waals surface area contributed by atoms with Crippen molar-refractivity contribution in [1.29, 1.82) is 0 Å². The van der Waals surface area contributed by atoms with Crippen molar-refractivity contribution >= 4 is 11.8 Å². The lowest BCUT2D eigenvalue weighted by molar-refractivity contribution is 0.0953. The van der Waals surface area contributed by atoms with Crippen molar-refractivity contribution in [3.05, 3.63) is 93.7 Å². The summed E-state index contributed by atoms with van der Waals surface area (Å²) in [5, 5.41) is 12.8. The van der Waals surface area contributed by atoms with E-state index in [0.29, 0.717) is 13.0 Å². The second-order valence-electron chi connectivity index (χ2n) is 6.40. The molecule has 3 aromatic rings. The molecule has 0 fully saturated rings. The molecule has 0 saturated carbocycles. The van der Waals surface area contributed by atoms with E-state index >= 15 is 0 Å². The summed E-state index contributed by atoms with van der Waals surface area (Å²) in [7, 11) is 1.44. The first-order chi connectivity index (χ1) is 14.1. The molecule has 2 heterocycles. The average Bonchev–Trinajstić information content (AvgIpc) is 2.76. The number of aromatic nitrogens is 3. The van der Waals surface area contributed by atoms with Gasteiger partial charge in [-0.05, 0) is 29.7 Å². The smallest absolute Gasteiger partial charge is 0.263 e. The van der Waals surface area contributed by atoms with E-state index < -0.39 is 11.5 Å². The topological polar surface area (TPSA) is 106 Å². The minimum absolute atomic E-state index is 0.0746. The van der Waals surface area contributed by atoms with Crippen LogP contribution in [0.1, 0.15) is 31.8 Å². The molecule has 0 atom stereocenters.